The molecule has 2 amide bonds. The summed E-state index contributed by atoms with van der Waals surface area (Å²) in [5.41, 5.74) is 3.46. The molecule has 0 aliphatic carbocycles. The van der Waals surface area contributed by atoms with E-state index in [1.807, 2.05) is 36.4 Å². The van der Waals surface area contributed by atoms with Gasteiger partial charge in [0.05, 0.1) is 0 Å². The van der Waals surface area contributed by atoms with Crippen molar-refractivity contribution in [2.45, 2.75) is 37.8 Å². The van der Waals surface area contributed by atoms with Crippen LogP contribution in [0.25, 0.3) is 0 Å². The van der Waals surface area contributed by atoms with Gasteiger partial charge in [0, 0.05) is 25.6 Å². The minimum absolute atomic E-state index is 0. The van der Waals surface area contributed by atoms with E-state index in [0.29, 0.717) is 19.5 Å². The summed E-state index contributed by atoms with van der Waals surface area (Å²) in [6.07, 6.45) is 3.38. The van der Waals surface area contributed by atoms with Gasteiger partial charge in [-0.05, 0) is 42.5 Å². The Labute approximate surface area is 178 Å². The number of benzene rings is 2. The fourth-order valence-electron chi connectivity index (χ4n) is 4.28. The maximum Gasteiger partial charge on any atom is 0.247 e. The van der Waals surface area contributed by atoms with Gasteiger partial charge in [0.1, 0.15) is 6.04 Å². The maximum absolute atomic E-state index is 13.2. The molecule has 0 bridgehead atoms. The Morgan fingerprint density at radius 3 is 2.62 bits per heavy atom. The quantitative estimate of drug-likeness (QED) is 0.791. The summed E-state index contributed by atoms with van der Waals surface area (Å²) in [5, 5.41) is 6.62. The SMILES string of the molecule is Cl.O=C(NCC1NCCc2ccccc21)C(c1ccccc1)N1CCCCC1=O. The summed E-state index contributed by atoms with van der Waals surface area (Å²) < 4.78 is 0. The van der Waals surface area contributed by atoms with Gasteiger partial charge in [0.15, 0.2) is 0 Å². The van der Waals surface area contributed by atoms with Crippen LogP contribution in [-0.2, 0) is 16.0 Å². The second kappa shape index (κ2) is 9.90. The number of likely N-dealkylation sites (tertiary alicyclic amines) is 1. The summed E-state index contributed by atoms with van der Waals surface area (Å²) in [5.74, 6) is -0.0392. The molecule has 4 rings (SSSR count). The Balaban J connectivity index is 0.00000240. The Morgan fingerprint density at radius 1 is 1.07 bits per heavy atom. The van der Waals surface area contributed by atoms with E-state index in [4.69, 9.17) is 0 Å². The third-order valence-electron chi connectivity index (χ3n) is 5.73. The third kappa shape index (κ3) is 4.80. The molecule has 2 aliphatic rings. The predicted octanol–water partition coefficient (Wildman–Crippen LogP) is 3.17. The van der Waals surface area contributed by atoms with Gasteiger partial charge in [-0.3, -0.25) is 9.59 Å². The first-order chi connectivity index (χ1) is 13.7. The number of piperidine rings is 1. The fraction of sp³-hybridized carbons (Fsp3) is 0.391. The highest BCUT2D eigenvalue weighted by Crippen LogP contribution is 2.27. The zero-order chi connectivity index (χ0) is 19.3. The molecule has 1 fully saturated rings. The molecule has 2 heterocycles. The lowest BCUT2D eigenvalue weighted by molar-refractivity contribution is -0.142. The molecule has 2 unspecified atom stereocenters. The Hall–Kier alpha value is -2.37. The lowest BCUT2D eigenvalue weighted by atomic mass is 9.94. The average Bonchev–Trinajstić information content (AvgIpc) is 2.74. The molecule has 154 valence electrons. The number of carbonyl (C=O) groups is 2. The molecule has 5 nitrogen and oxygen atoms in total. The number of rotatable bonds is 5. The first-order valence-corrected chi connectivity index (χ1v) is 10.2. The van der Waals surface area contributed by atoms with Crippen LogP contribution in [-0.4, -0.2) is 36.3 Å². The zero-order valence-electron chi connectivity index (χ0n) is 16.5. The molecule has 0 radical (unpaired) electrons. The molecule has 0 saturated carbocycles. The molecule has 2 N–H and O–H groups in total. The number of halogens is 1. The van der Waals surface area contributed by atoms with E-state index in [1.54, 1.807) is 4.90 Å². The van der Waals surface area contributed by atoms with E-state index < -0.39 is 6.04 Å². The van der Waals surface area contributed by atoms with Crippen molar-refractivity contribution in [2.24, 2.45) is 0 Å². The zero-order valence-corrected chi connectivity index (χ0v) is 17.3. The summed E-state index contributed by atoms with van der Waals surface area (Å²) >= 11 is 0. The van der Waals surface area contributed by atoms with Gasteiger partial charge in [-0.25, -0.2) is 0 Å². The topological polar surface area (TPSA) is 61.4 Å². The van der Waals surface area contributed by atoms with Crippen molar-refractivity contribution in [3.63, 3.8) is 0 Å². The summed E-state index contributed by atoms with van der Waals surface area (Å²) in [7, 11) is 0. The van der Waals surface area contributed by atoms with Gasteiger partial charge >= 0.3 is 0 Å². The van der Waals surface area contributed by atoms with Gasteiger partial charge in [-0.15, -0.1) is 12.4 Å². The molecule has 1 saturated heterocycles. The van der Waals surface area contributed by atoms with Crippen molar-refractivity contribution in [1.82, 2.24) is 15.5 Å². The van der Waals surface area contributed by atoms with Crippen LogP contribution >= 0.6 is 12.4 Å². The Morgan fingerprint density at radius 2 is 1.83 bits per heavy atom. The fourth-order valence-corrected chi connectivity index (χ4v) is 4.28. The first-order valence-electron chi connectivity index (χ1n) is 10.2. The number of amides is 2. The van der Waals surface area contributed by atoms with E-state index in [1.165, 1.54) is 11.1 Å². The lowest BCUT2D eigenvalue weighted by Gasteiger charge is -2.35. The first kappa shape index (κ1) is 21.3. The average molecular weight is 414 g/mol. The Bertz CT molecular complexity index is 843. The molecule has 2 aromatic rings. The van der Waals surface area contributed by atoms with Crippen LogP contribution in [0.1, 0.15) is 48.0 Å². The number of fused-ring (bicyclic) bond motifs is 1. The number of hydrogen-bond donors (Lipinski definition) is 2. The van der Waals surface area contributed by atoms with Crippen molar-refractivity contribution < 1.29 is 9.59 Å². The van der Waals surface area contributed by atoms with E-state index in [2.05, 4.69) is 28.8 Å². The normalized spacial score (nSPS) is 19.7. The highest BCUT2D eigenvalue weighted by Gasteiger charge is 2.33. The number of nitrogens with one attached hydrogen (secondary N) is 2. The Kier molecular flexibility index (Phi) is 7.29. The molecule has 2 atom stereocenters. The standard InChI is InChI=1S/C23H27N3O2.ClH/c27-21-12-6-7-15-26(21)22(18-9-2-1-3-10-18)23(28)25-16-20-19-11-5-4-8-17(19)13-14-24-20;/h1-5,8-11,20,22,24H,6-7,12-16H2,(H,25,28);1H. The second-order valence-electron chi connectivity index (χ2n) is 7.56. The van der Waals surface area contributed by atoms with Crippen LogP contribution in [0.5, 0.6) is 0 Å². The van der Waals surface area contributed by atoms with Gasteiger partial charge < -0.3 is 15.5 Å². The number of hydrogen-bond acceptors (Lipinski definition) is 3. The van der Waals surface area contributed by atoms with Crippen LogP contribution in [0.3, 0.4) is 0 Å². The van der Waals surface area contributed by atoms with Crippen LogP contribution in [0.2, 0.25) is 0 Å². The van der Waals surface area contributed by atoms with Crippen LogP contribution in [0.15, 0.2) is 54.6 Å². The van der Waals surface area contributed by atoms with Crippen LogP contribution in [0, 0.1) is 0 Å². The van der Waals surface area contributed by atoms with E-state index in [9.17, 15) is 9.59 Å². The molecular formula is C23H28ClN3O2. The van der Waals surface area contributed by atoms with E-state index >= 15 is 0 Å². The summed E-state index contributed by atoms with van der Waals surface area (Å²) in [6.45, 7) is 2.06. The number of carbonyl (C=O) groups excluding carboxylic acids is 2. The molecule has 0 aromatic heterocycles. The van der Waals surface area contributed by atoms with Gasteiger partial charge in [-0.1, -0.05) is 54.6 Å². The summed E-state index contributed by atoms with van der Waals surface area (Å²) in [6, 6.07) is 17.6. The maximum atomic E-state index is 13.2. The third-order valence-corrected chi connectivity index (χ3v) is 5.73. The minimum atomic E-state index is -0.562. The summed E-state index contributed by atoms with van der Waals surface area (Å²) in [4.78, 5) is 27.5. The highest BCUT2D eigenvalue weighted by atomic mass is 35.5. The van der Waals surface area contributed by atoms with Crippen molar-refractivity contribution in [3.05, 3.63) is 71.3 Å². The van der Waals surface area contributed by atoms with Crippen molar-refractivity contribution >= 4 is 24.2 Å². The monoisotopic (exact) mass is 413 g/mol. The van der Waals surface area contributed by atoms with E-state index in [-0.39, 0.29) is 30.3 Å². The van der Waals surface area contributed by atoms with Crippen molar-refractivity contribution in [3.8, 4) is 0 Å². The molecule has 0 spiro atoms. The molecular weight excluding hydrogens is 386 g/mol. The number of nitrogens with zero attached hydrogens (tertiary/aromatic N) is 1. The van der Waals surface area contributed by atoms with E-state index in [0.717, 1.165) is 31.4 Å². The second-order valence-corrected chi connectivity index (χ2v) is 7.56. The van der Waals surface area contributed by atoms with Gasteiger partial charge in [0.2, 0.25) is 11.8 Å². The van der Waals surface area contributed by atoms with Crippen LogP contribution in [0.4, 0.5) is 0 Å². The van der Waals surface area contributed by atoms with Crippen LogP contribution < -0.4 is 10.6 Å². The largest absolute Gasteiger partial charge is 0.352 e. The lowest BCUT2D eigenvalue weighted by Crippen LogP contribution is -2.47. The van der Waals surface area contributed by atoms with Gasteiger partial charge in [0.25, 0.3) is 0 Å². The highest BCUT2D eigenvalue weighted by molar-refractivity contribution is 5.89. The van der Waals surface area contributed by atoms with Crippen molar-refractivity contribution in [2.75, 3.05) is 19.6 Å². The van der Waals surface area contributed by atoms with Crippen molar-refractivity contribution in [1.29, 1.82) is 0 Å². The smallest absolute Gasteiger partial charge is 0.247 e. The minimum Gasteiger partial charge on any atom is -0.352 e. The molecule has 2 aliphatic heterocycles. The molecule has 2 aromatic carbocycles. The molecule has 6 heteroatoms. The molecule has 29 heavy (non-hydrogen) atoms. The van der Waals surface area contributed by atoms with Gasteiger partial charge in [-0.2, -0.15) is 0 Å². The predicted molar refractivity (Wildman–Crippen MR) is 116 cm³/mol.